The number of phenols is 1. The first-order chi connectivity index (χ1) is 12.0. The summed E-state index contributed by atoms with van der Waals surface area (Å²) in [6.45, 7) is 5.68. The van der Waals surface area contributed by atoms with E-state index in [2.05, 4.69) is 29.9 Å². The van der Waals surface area contributed by atoms with Crippen LogP contribution < -0.4 is 0 Å². The number of phenolic OH excluding ortho intramolecular Hbond substituents is 1. The van der Waals surface area contributed by atoms with Gasteiger partial charge in [-0.25, -0.2) is 24.9 Å². The van der Waals surface area contributed by atoms with Gasteiger partial charge < -0.3 is 10.1 Å². The zero-order valence-corrected chi connectivity index (χ0v) is 14.1. The van der Waals surface area contributed by atoms with E-state index >= 15 is 0 Å². The zero-order valence-electron chi connectivity index (χ0n) is 14.1. The number of rotatable bonds is 2. The molecule has 124 valence electrons. The number of hydrogen-bond acceptors (Lipinski definition) is 6. The molecule has 7 heteroatoms. The van der Waals surface area contributed by atoms with Crippen LogP contribution in [0, 0.1) is 20.8 Å². The standard InChI is InChI=1S/C18H16N6O/c1-9-4-5-14(25)10(2)15(9)13-8-21-17-18(22-13)24-16(23-17)12-6-19-11(3)20-7-12/h4-8,25H,1-3H3,(H,21,22,23,24). The molecule has 25 heavy (non-hydrogen) atoms. The maximum atomic E-state index is 9.99. The first-order valence-electron chi connectivity index (χ1n) is 7.84. The number of aromatic nitrogens is 6. The lowest BCUT2D eigenvalue weighted by molar-refractivity contribution is 0.471. The van der Waals surface area contributed by atoms with Gasteiger partial charge in [-0.05, 0) is 32.4 Å². The Morgan fingerprint density at radius 3 is 2.44 bits per heavy atom. The predicted octanol–water partition coefficient (Wildman–Crippen LogP) is 3.11. The minimum absolute atomic E-state index is 0.240. The predicted molar refractivity (Wildman–Crippen MR) is 94.0 cm³/mol. The molecule has 0 unspecified atom stereocenters. The van der Waals surface area contributed by atoms with E-state index in [4.69, 9.17) is 0 Å². The summed E-state index contributed by atoms with van der Waals surface area (Å²) in [5.41, 5.74) is 5.25. The van der Waals surface area contributed by atoms with Crippen molar-refractivity contribution in [2.24, 2.45) is 0 Å². The SMILES string of the molecule is Cc1ncc(-c2nc3ncc(-c4c(C)ccc(O)c4C)nc3[nH]2)cn1. The molecule has 0 saturated heterocycles. The van der Waals surface area contributed by atoms with E-state index in [9.17, 15) is 5.11 Å². The van der Waals surface area contributed by atoms with Crippen molar-refractivity contribution in [3.8, 4) is 28.4 Å². The summed E-state index contributed by atoms with van der Waals surface area (Å²) in [6.07, 6.45) is 5.10. The number of imidazole rings is 1. The Morgan fingerprint density at radius 1 is 0.920 bits per heavy atom. The van der Waals surface area contributed by atoms with E-state index in [0.717, 1.165) is 22.3 Å². The summed E-state index contributed by atoms with van der Waals surface area (Å²) < 4.78 is 0. The third-order valence-electron chi connectivity index (χ3n) is 4.16. The normalized spacial score (nSPS) is 11.2. The lowest BCUT2D eigenvalue weighted by Crippen LogP contribution is -1.93. The average Bonchev–Trinajstić information content (AvgIpc) is 3.02. The Hall–Kier alpha value is -3.35. The molecule has 4 rings (SSSR count). The van der Waals surface area contributed by atoms with Crippen LogP contribution in [-0.2, 0) is 0 Å². The summed E-state index contributed by atoms with van der Waals surface area (Å²) in [5.74, 6) is 1.56. The molecule has 0 amide bonds. The van der Waals surface area contributed by atoms with E-state index in [-0.39, 0.29) is 5.75 Å². The van der Waals surface area contributed by atoms with E-state index in [1.54, 1.807) is 24.7 Å². The molecule has 0 aliphatic carbocycles. The van der Waals surface area contributed by atoms with Crippen molar-refractivity contribution in [2.45, 2.75) is 20.8 Å². The molecule has 7 nitrogen and oxygen atoms in total. The molecule has 2 N–H and O–H groups in total. The molecular weight excluding hydrogens is 316 g/mol. The second kappa shape index (κ2) is 5.62. The molecule has 0 aliphatic heterocycles. The molecule has 0 saturated carbocycles. The fraction of sp³-hybridized carbons (Fsp3) is 0.167. The van der Waals surface area contributed by atoms with Crippen molar-refractivity contribution in [3.63, 3.8) is 0 Å². The van der Waals surface area contributed by atoms with E-state index < -0.39 is 0 Å². The van der Waals surface area contributed by atoms with Crippen LogP contribution in [0.5, 0.6) is 5.75 Å². The monoisotopic (exact) mass is 332 g/mol. The number of nitrogens with one attached hydrogen (secondary N) is 1. The van der Waals surface area contributed by atoms with Crippen LogP contribution in [0.2, 0.25) is 0 Å². The highest BCUT2D eigenvalue weighted by Crippen LogP contribution is 2.31. The van der Waals surface area contributed by atoms with Gasteiger partial charge in [-0.15, -0.1) is 0 Å². The summed E-state index contributed by atoms with van der Waals surface area (Å²) in [6, 6.07) is 3.55. The minimum atomic E-state index is 0.240. The Kier molecular flexibility index (Phi) is 3.42. The second-order valence-corrected chi connectivity index (χ2v) is 5.93. The van der Waals surface area contributed by atoms with Crippen molar-refractivity contribution in [1.29, 1.82) is 0 Å². The van der Waals surface area contributed by atoms with Crippen LogP contribution in [0.25, 0.3) is 33.9 Å². The number of aromatic amines is 1. The molecule has 0 bridgehead atoms. The van der Waals surface area contributed by atoms with E-state index in [1.807, 2.05) is 26.8 Å². The highest BCUT2D eigenvalue weighted by atomic mass is 16.3. The topological polar surface area (TPSA) is 100 Å². The number of benzene rings is 1. The fourth-order valence-electron chi connectivity index (χ4n) is 2.80. The van der Waals surface area contributed by atoms with Crippen molar-refractivity contribution in [2.75, 3.05) is 0 Å². The van der Waals surface area contributed by atoms with Crippen LogP contribution >= 0.6 is 0 Å². The summed E-state index contributed by atoms with van der Waals surface area (Å²) in [5, 5.41) is 9.99. The minimum Gasteiger partial charge on any atom is -0.508 e. The summed E-state index contributed by atoms with van der Waals surface area (Å²) in [7, 11) is 0. The van der Waals surface area contributed by atoms with Crippen LogP contribution in [-0.4, -0.2) is 35.0 Å². The smallest absolute Gasteiger partial charge is 0.197 e. The largest absolute Gasteiger partial charge is 0.508 e. The third-order valence-corrected chi connectivity index (χ3v) is 4.16. The lowest BCUT2D eigenvalue weighted by Gasteiger charge is -2.10. The van der Waals surface area contributed by atoms with Gasteiger partial charge in [0, 0.05) is 23.5 Å². The lowest BCUT2D eigenvalue weighted by atomic mass is 9.99. The van der Waals surface area contributed by atoms with Crippen molar-refractivity contribution < 1.29 is 5.11 Å². The van der Waals surface area contributed by atoms with Crippen LogP contribution in [0.1, 0.15) is 17.0 Å². The Labute approximate surface area is 143 Å². The van der Waals surface area contributed by atoms with Gasteiger partial charge in [0.2, 0.25) is 0 Å². The fourth-order valence-corrected chi connectivity index (χ4v) is 2.80. The number of hydrogen-bond donors (Lipinski definition) is 2. The number of aryl methyl sites for hydroxylation is 2. The number of fused-ring (bicyclic) bond motifs is 1. The summed E-state index contributed by atoms with van der Waals surface area (Å²) >= 11 is 0. The van der Waals surface area contributed by atoms with Gasteiger partial charge in [-0.3, -0.25) is 0 Å². The van der Waals surface area contributed by atoms with E-state index in [0.29, 0.717) is 28.6 Å². The molecule has 3 aromatic heterocycles. The maximum absolute atomic E-state index is 9.99. The van der Waals surface area contributed by atoms with Crippen molar-refractivity contribution in [1.82, 2.24) is 29.9 Å². The highest BCUT2D eigenvalue weighted by Gasteiger charge is 2.14. The number of H-pyrrole nitrogens is 1. The van der Waals surface area contributed by atoms with Crippen LogP contribution in [0.15, 0.2) is 30.7 Å². The van der Waals surface area contributed by atoms with Gasteiger partial charge in [0.25, 0.3) is 0 Å². The molecule has 3 heterocycles. The van der Waals surface area contributed by atoms with Gasteiger partial charge in [-0.1, -0.05) is 6.07 Å². The third kappa shape index (κ3) is 2.59. The molecule has 0 aliphatic rings. The van der Waals surface area contributed by atoms with Gasteiger partial charge in [0.1, 0.15) is 17.4 Å². The number of aromatic hydroxyl groups is 1. The Morgan fingerprint density at radius 2 is 1.68 bits per heavy atom. The Balaban J connectivity index is 1.84. The molecular formula is C18H16N6O. The zero-order chi connectivity index (χ0) is 17.6. The molecule has 0 radical (unpaired) electrons. The van der Waals surface area contributed by atoms with Crippen LogP contribution in [0.3, 0.4) is 0 Å². The first-order valence-corrected chi connectivity index (χ1v) is 7.84. The molecule has 0 atom stereocenters. The first kappa shape index (κ1) is 15.2. The summed E-state index contributed by atoms with van der Waals surface area (Å²) in [4.78, 5) is 25.0. The van der Waals surface area contributed by atoms with Crippen molar-refractivity contribution >= 4 is 11.3 Å². The average molecular weight is 332 g/mol. The molecule has 0 spiro atoms. The van der Waals surface area contributed by atoms with Gasteiger partial charge in [0.15, 0.2) is 11.3 Å². The molecule has 0 fully saturated rings. The van der Waals surface area contributed by atoms with E-state index in [1.165, 1.54) is 0 Å². The van der Waals surface area contributed by atoms with Gasteiger partial charge in [-0.2, -0.15) is 0 Å². The highest BCUT2D eigenvalue weighted by molar-refractivity contribution is 5.77. The quantitative estimate of drug-likeness (QED) is 0.585. The van der Waals surface area contributed by atoms with Crippen LogP contribution in [0.4, 0.5) is 0 Å². The molecule has 4 aromatic rings. The van der Waals surface area contributed by atoms with Gasteiger partial charge >= 0.3 is 0 Å². The number of nitrogens with zero attached hydrogens (tertiary/aromatic N) is 5. The Bertz CT molecular complexity index is 1080. The second-order valence-electron chi connectivity index (χ2n) is 5.93. The maximum Gasteiger partial charge on any atom is 0.197 e. The van der Waals surface area contributed by atoms with Crippen molar-refractivity contribution in [3.05, 3.63) is 47.7 Å². The van der Waals surface area contributed by atoms with Gasteiger partial charge in [0.05, 0.1) is 17.5 Å². The molecule has 1 aromatic carbocycles.